The fourth-order valence-corrected chi connectivity index (χ4v) is 3.65. The number of amides is 1. The second kappa shape index (κ2) is 8.80. The Hall–Kier alpha value is -4.71. The predicted molar refractivity (Wildman–Crippen MR) is 130 cm³/mol. The van der Waals surface area contributed by atoms with Crippen molar-refractivity contribution in [3.63, 3.8) is 0 Å². The predicted octanol–water partition coefficient (Wildman–Crippen LogP) is 5.16. The molecule has 0 saturated heterocycles. The third-order valence-corrected chi connectivity index (χ3v) is 5.29. The van der Waals surface area contributed by atoms with Crippen molar-refractivity contribution in [2.45, 2.75) is 0 Å². The lowest BCUT2D eigenvalue weighted by atomic mass is 10.1. The smallest absolute Gasteiger partial charge is 0.275 e. The molecule has 0 unspecified atom stereocenters. The highest BCUT2D eigenvalue weighted by Crippen LogP contribution is 2.25. The van der Waals surface area contributed by atoms with E-state index in [4.69, 9.17) is 5.10 Å². The minimum Gasteiger partial charge on any atom is -0.507 e. The van der Waals surface area contributed by atoms with Gasteiger partial charge < -0.3 is 5.11 Å². The van der Waals surface area contributed by atoms with Crippen LogP contribution in [0.4, 0.5) is 0 Å². The van der Waals surface area contributed by atoms with Gasteiger partial charge in [-0.15, -0.1) is 0 Å². The summed E-state index contributed by atoms with van der Waals surface area (Å²) in [6.45, 7) is 0. The number of carbonyl (C=O) groups is 1. The molecule has 0 bridgehead atoms. The first-order valence-corrected chi connectivity index (χ1v) is 10.4. The summed E-state index contributed by atoms with van der Waals surface area (Å²) in [4.78, 5) is 12.7. The molecule has 160 valence electrons. The minimum absolute atomic E-state index is 0.0942. The van der Waals surface area contributed by atoms with E-state index in [1.807, 2.05) is 91.1 Å². The number of hydrazone groups is 1. The number of phenols is 1. The van der Waals surface area contributed by atoms with Crippen molar-refractivity contribution >= 4 is 22.9 Å². The molecule has 33 heavy (non-hydrogen) atoms. The highest BCUT2D eigenvalue weighted by atomic mass is 16.3. The quantitative estimate of drug-likeness (QED) is 0.297. The first-order valence-electron chi connectivity index (χ1n) is 10.4. The molecule has 0 spiro atoms. The average molecular weight is 432 g/mol. The Morgan fingerprint density at radius 2 is 1.52 bits per heavy atom. The van der Waals surface area contributed by atoms with Crippen LogP contribution in [0.25, 0.3) is 27.7 Å². The lowest BCUT2D eigenvalue weighted by Crippen LogP contribution is -2.17. The summed E-state index contributed by atoms with van der Waals surface area (Å²) >= 11 is 0. The summed E-state index contributed by atoms with van der Waals surface area (Å²) in [6.07, 6.45) is 3.42. The molecule has 1 aromatic heterocycles. The fraction of sp³-hybridized carbons (Fsp3) is 0. The van der Waals surface area contributed by atoms with Crippen LogP contribution < -0.4 is 5.43 Å². The third kappa shape index (κ3) is 4.22. The molecule has 0 aliphatic rings. The largest absolute Gasteiger partial charge is 0.507 e. The van der Waals surface area contributed by atoms with E-state index in [0.29, 0.717) is 0 Å². The number of aromatic nitrogens is 2. The number of benzene rings is 4. The van der Waals surface area contributed by atoms with E-state index in [1.54, 1.807) is 23.0 Å². The maximum Gasteiger partial charge on any atom is 0.275 e. The number of para-hydroxylation sites is 1. The van der Waals surface area contributed by atoms with Gasteiger partial charge in [0.2, 0.25) is 0 Å². The minimum atomic E-state index is -0.494. The van der Waals surface area contributed by atoms with Crippen molar-refractivity contribution in [1.29, 1.82) is 0 Å². The summed E-state index contributed by atoms with van der Waals surface area (Å²) in [5.41, 5.74) is 6.01. The number of phenolic OH excluding ortho intramolecular Hbond substituents is 1. The van der Waals surface area contributed by atoms with Crippen molar-refractivity contribution < 1.29 is 9.90 Å². The van der Waals surface area contributed by atoms with Gasteiger partial charge in [0.25, 0.3) is 5.91 Å². The van der Waals surface area contributed by atoms with Gasteiger partial charge in [0.1, 0.15) is 11.4 Å². The number of nitrogens with zero attached hydrogens (tertiary/aromatic N) is 3. The van der Waals surface area contributed by atoms with Crippen LogP contribution >= 0.6 is 0 Å². The molecule has 2 N–H and O–H groups in total. The molecule has 0 saturated carbocycles. The monoisotopic (exact) mass is 432 g/mol. The van der Waals surface area contributed by atoms with E-state index in [-0.39, 0.29) is 11.3 Å². The number of fused-ring (bicyclic) bond motifs is 1. The number of hydrogen-bond donors (Lipinski definition) is 2. The first-order chi connectivity index (χ1) is 16.2. The van der Waals surface area contributed by atoms with E-state index < -0.39 is 5.91 Å². The lowest BCUT2D eigenvalue weighted by Gasteiger charge is -2.05. The zero-order valence-electron chi connectivity index (χ0n) is 17.6. The molecule has 4 aromatic carbocycles. The Morgan fingerprint density at radius 3 is 2.24 bits per heavy atom. The zero-order valence-corrected chi connectivity index (χ0v) is 17.6. The van der Waals surface area contributed by atoms with Gasteiger partial charge in [-0.1, -0.05) is 72.8 Å². The van der Waals surface area contributed by atoms with Crippen LogP contribution in [0.1, 0.15) is 15.9 Å². The first kappa shape index (κ1) is 20.2. The summed E-state index contributed by atoms with van der Waals surface area (Å²) in [6, 6.07) is 30.3. The van der Waals surface area contributed by atoms with E-state index in [2.05, 4.69) is 10.5 Å². The Kier molecular flexibility index (Phi) is 5.39. The van der Waals surface area contributed by atoms with Crippen molar-refractivity contribution in [3.8, 4) is 22.7 Å². The summed E-state index contributed by atoms with van der Waals surface area (Å²) in [5, 5.41) is 20.9. The molecule has 0 atom stereocenters. The van der Waals surface area contributed by atoms with Crippen molar-refractivity contribution in [3.05, 3.63) is 114 Å². The zero-order chi connectivity index (χ0) is 22.6. The molecular formula is C27H20N4O2. The van der Waals surface area contributed by atoms with Crippen molar-refractivity contribution in [2.75, 3.05) is 0 Å². The number of carbonyl (C=O) groups excluding carboxylic acids is 1. The number of rotatable bonds is 5. The molecule has 0 fully saturated rings. The van der Waals surface area contributed by atoms with Crippen molar-refractivity contribution in [2.24, 2.45) is 5.10 Å². The van der Waals surface area contributed by atoms with Gasteiger partial charge in [-0.2, -0.15) is 10.2 Å². The summed E-state index contributed by atoms with van der Waals surface area (Å²) in [7, 11) is 0. The lowest BCUT2D eigenvalue weighted by molar-refractivity contribution is 0.0952. The van der Waals surface area contributed by atoms with Crippen LogP contribution in [0.2, 0.25) is 0 Å². The van der Waals surface area contributed by atoms with Gasteiger partial charge in [0.15, 0.2) is 0 Å². The van der Waals surface area contributed by atoms with Crippen LogP contribution in [0, 0.1) is 0 Å². The number of aromatic hydroxyl groups is 1. The van der Waals surface area contributed by atoms with E-state index >= 15 is 0 Å². The Labute approximate surface area is 190 Å². The number of hydrogen-bond acceptors (Lipinski definition) is 4. The molecule has 1 heterocycles. The summed E-state index contributed by atoms with van der Waals surface area (Å²) < 4.78 is 1.78. The van der Waals surface area contributed by atoms with Crippen LogP contribution in [0.5, 0.6) is 5.75 Å². The average Bonchev–Trinajstić information content (AvgIpc) is 3.29. The molecule has 1 amide bonds. The van der Waals surface area contributed by atoms with E-state index in [1.165, 1.54) is 0 Å². The normalized spacial score (nSPS) is 11.2. The second-order valence-corrected chi connectivity index (χ2v) is 7.49. The molecule has 0 radical (unpaired) electrons. The van der Waals surface area contributed by atoms with Crippen molar-refractivity contribution in [1.82, 2.24) is 15.2 Å². The Balaban J connectivity index is 1.44. The highest BCUT2D eigenvalue weighted by Gasteiger charge is 2.13. The molecule has 0 aliphatic heterocycles. The van der Waals surface area contributed by atoms with E-state index in [9.17, 15) is 9.90 Å². The van der Waals surface area contributed by atoms with Crippen LogP contribution in [0.3, 0.4) is 0 Å². The molecule has 6 heteroatoms. The SMILES string of the molecule is O=C(N/N=C/c1cn(-c2ccccc2)nc1-c1ccccc1)c1cc2ccccc2cc1O. The molecule has 0 aliphatic carbocycles. The van der Waals surface area contributed by atoms with Gasteiger partial charge in [-0.05, 0) is 35.0 Å². The Bertz CT molecular complexity index is 1460. The van der Waals surface area contributed by atoms with E-state index in [0.717, 1.165) is 33.3 Å². The van der Waals surface area contributed by atoms with Gasteiger partial charge in [-0.25, -0.2) is 10.1 Å². The summed E-state index contributed by atoms with van der Waals surface area (Å²) in [5.74, 6) is -0.588. The van der Waals surface area contributed by atoms with Gasteiger partial charge >= 0.3 is 0 Å². The van der Waals surface area contributed by atoms with Gasteiger partial charge in [-0.3, -0.25) is 4.79 Å². The molecular weight excluding hydrogens is 412 g/mol. The van der Waals surface area contributed by atoms with Gasteiger partial charge in [0, 0.05) is 17.3 Å². The molecule has 5 aromatic rings. The third-order valence-electron chi connectivity index (χ3n) is 5.29. The maximum atomic E-state index is 12.7. The molecule has 6 nitrogen and oxygen atoms in total. The fourth-order valence-electron chi connectivity index (χ4n) is 3.65. The van der Waals surface area contributed by atoms with Crippen LogP contribution in [-0.2, 0) is 0 Å². The van der Waals surface area contributed by atoms with Gasteiger partial charge in [0.05, 0.1) is 17.5 Å². The highest BCUT2D eigenvalue weighted by molar-refractivity contribution is 6.02. The topological polar surface area (TPSA) is 79.5 Å². The standard InChI is InChI=1S/C27H20N4O2/c32-25-16-21-12-8-7-11-20(21)15-24(25)27(33)29-28-17-22-18-31(23-13-5-2-6-14-23)30-26(22)19-9-3-1-4-10-19/h1-18,32H,(H,29,33)/b28-17+. The van der Waals surface area contributed by atoms with Crippen LogP contribution in [-0.4, -0.2) is 27.0 Å². The number of nitrogens with one attached hydrogen (secondary N) is 1. The maximum absolute atomic E-state index is 12.7. The molecule has 5 rings (SSSR count). The van der Waals surface area contributed by atoms with Crippen LogP contribution in [0.15, 0.2) is 108 Å². The Morgan fingerprint density at radius 1 is 0.879 bits per heavy atom. The second-order valence-electron chi connectivity index (χ2n) is 7.49.